The molecule has 0 aliphatic heterocycles. The minimum atomic E-state index is -1.24. The van der Waals surface area contributed by atoms with Crippen LogP contribution in [0, 0.1) is 0 Å². The average molecular weight is 764 g/mol. The van der Waals surface area contributed by atoms with E-state index in [1.807, 2.05) is 48.7 Å². The van der Waals surface area contributed by atoms with E-state index < -0.39 is 36.1 Å². The lowest BCUT2D eigenvalue weighted by atomic mass is 10.1. The zero-order chi connectivity index (χ0) is 39.0. The van der Waals surface area contributed by atoms with Gasteiger partial charge in [-0.3, -0.25) is 28.3 Å². The van der Waals surface area contributed by atoms with Crippen molar-refractivity contribution in [3.8, 4) is 0 Å². The molecule has 2 unspecified atom stereocenters. The number of benzene rings is 2. The highest BCUT2D eigenvalue weighted by Gasteiger charge is 2.24. The molecule has 4 aromatic rings. The summed E-state index contributed by atoms with van der Waals surface area (Å²) in [5.74, 6) is -0.872. The van der Waals surface area contributed by atoms with Gasteiger partial charge in [0.2, 0.25) is 11.8 Å². The van der Waals surface area contributed by atoms with Crippen molar-refractivity contribution in [2.75, 3.05) is 24.2 Å². The molecule has 0 bridgehead atoms. The van der Waals surface area contributed by atoms with Gasteiger partial charge in [-0.05, 0) is 61.1 Å². The molecule has 2 aromatic carbocycles. The molecule has 2 aromatic heterocycles. The molecule has 5 N–H and O–H groups in total. The third-order valence-corrected chi connectivity index (χ3v) is 9.46. The van der Waals surface area contributed by atoms with Crippen LogP contribution in [0.3, 0.4) is 0 Å². The van der Waals surface area contributed by atoms with E-state index in [2.05, 4.69) is 28.6 Å². The van der Waals surface area contributed by atoms with Gasteiger partial charge in [-0.1, -0.05) is 62.7 Å². The van der Waals surface area contributed by atoms with Crippen LogP contribution in [0.5, 0.6) is 0 Å². The SMILES string of the molecule is CCCn1c(=O)c2c(nc(Cc3ccccc3)n2CCNCC(O)CC)n(CCc2ccc(NC(=O)C(CC(=O)O)NC(=O)CCCCCS)cc2)c1=O. The van der Waals surface area contributed by atoms with Crippen molar-refractivity contribution in [1.82, 2.24) is 29.3 Å². The average Bonchev–Trinajstić information content (AvgIpc) is 3.51. The highest BCUT2D eigenvalue weighted by molar-refractivity contribution is 7.80. The number of amides is 2. The Morgan fingerprint density at radius 3 is 2.30 bits per heavy atom. The normalized spacial score (nSPS) is 12.4. The summed E-state index contributed by atoms with van der Waals surface area (Å²) >= 11 is 4.16. The molecule has 0 fully saturated rings. The number of fused-ring (bicyclic) bond motifs is 1. The molecule has 0 spiro atoms. The number of carbonyl (C=O) groups is 3. The van der Waals surface area contributed by atoms with E-state index in [0.717, 1.165) is 24.0 Å². The number of thiol groups is 1. The number of unbranched alkanes of at least 4 members (excludes halogenated alkanes) is 2. The van der Waals surface area contributed by atoms with Crippen LogP contribution in [0.4, 0.5) is 5.69 Å². The van der Waals surface area contributed by atoms with Gasteiger partial charge >= 0.3 is 11.7 Å². The topological polar surface area (TPSA) is 190 Å². The molecular weight excluding hydrogens is 711 g/mol. The van der Waals surface area contributed by atoms with Crippen molar-refractivity contribution >= 4 is 47.3 Å². The summed E-state index contributed by atoms with van der Waals surface area (Å²) in [5.41, 5.74) is 2.11. The second-order valence-corrected chi connectivity index (χ2v) is 13.8. The van der Waals surface area contributed by atoms with E-state index in [4.69, 9.17) is 4.98 Å². The summed E-state index contributed by atoms with van der Waals surface area (Å²) in [4.78, 5) is 69.6. The first-order valence-corrected chi connectivity index (χ1v) is 19.4. The number of carbonyl (C=O) groups excluding carboxylic acids is 2. The van der Waals surface area contributed by atoms with E-state index in [9.17, 15) is 34.2 Å². The maximum atomic E-state index is 13.9. The van der Waals surface area contributed by atoms with Crippen molar-refractivity contribution < 1.29 is 24.6 Å². The molecule has 0 aliphatic carbocycles. The number of nitrogens with zero attached hydrogens (tertiary/aromatic N) is 4. The summed E-state index contributed by atoms with van der Waals surface area (Å²) in [6.45, 7) is 5.62. The van der Waals surface area contributed by atoms with Gasteiger partial charge in [0.25, 0.3) is 5.56 Å². The Morgan fingerprint density at radius 2 is 1.63 bits per heavy atom. The Hall–Kier alpha value is -4.73. The molecule has 2 amide bonds. The molecule has 15 heteroatoms. The van der Waals surface area contributed by atoms with E-state index in [1.165, 1.54) is 4.57 Å². The Kier molecular flexibility index (Phi) is 16.5. The van der Waals surface area contributed by atoms with Crippen molar-refractivity contribution in [3.63, 3.8) is 0 Å². The number of hydrogen-bond acceptors (Lipinski definition) is 9. The molecule has 2 heterocycles. The molecule has 14 nitrogen and oxygen atoms in total. The maximum absolute atomic E-state index is 13.9. The molecule has 0 saturated heterocycles. The van der Waals surface area contributed by atoms with Gasteiger partial charge < -0.3 is 30.7 Å². The highest BCUT2D eigenvalue weighted by atomic mass is 32.1. The van der Waals surface area contributed by atoms with Gasteiger partial charge in [0.1, 0.15) is 11.9 Å². The monoisotopic (exact) mass is 763 g/mol. The molecule has 4 rings (SSSR count). The van der Waals surface area contributed by atoms with Crippen molar-refractivity contribution in [2.24, 2.45) is 0 Å². The first-order chi connectivity index (χ1) is 26.1. The van der Waals surface area contributed by atoms with Gasteiger partial charge in [-0.25, -0.2) is 9.78 Å². The number of aromatic nitrogens is 4. The smallest absolute Gasteiger partial charge is 0.332 e. The Balaban J connectivity index is 1.56. The number of aryl methyl sites for hydroxylation is 2. The van der Waals surface area contributed by atoms with Crippen molar-refractivity contribution in [2.45, 2.75) is 103 Å². The van der Waals surface area contributed by atoms with Crippen molar-refractivity contribution in [3.05, 3.63) is 92.4 Å². The van der Waals surface area contributed by atoms with E-state index in [-0.39, 0.29) is 31.0 Å². The number of aliphatic hydroxyl groups is 1. The van der Waals surface area contributed by atoms with Gasteiger partial charge in [0, 0.05) is 51.3 Å². The number of anilines is 1. The molecular formula is C39H53N7O7S. The minimum absolute atomic E-state index is 0.188. The van der Waals surface area contributed by atoms with Gasteiger partial charge in [-0.2, -0.15) is 12.6 Å². The fourth-order valence-corrected chi connectivity index (χ4v) is 6.39. The maximum Gasteiger partial charge on any atom is 0.332 e. The summed E-state index contributed by atoms with van der Waals surface area (Å²) in [6, 6.07) is 15.5. The number of hydrogen-bond donors (Lipinski definition) is 6. The van der Waals surface area contributed by atoms with Crippen molar-refractivity contribution in [1.29, 1.82) is 0 Å². The number of imidazole rings is 1. The number of aliphatic carboxylic acids is 1. The Labute approximate surface area is 320 Å². The fourth-order valence-electron chi connectivity index (χ4n) is 6.17. The quantitative estimate of drug-likeness (QED) is 0.0486. The second-order valence-electron chi connectivity index (χ2n) is 13.4. The van der Waals surface area contributed by atoms with Crippen LogP contribution in [0.25, 0.3) is 11.2 Å². The lowest BCUT2D eigenvalue weighted by molar-refractivity contribution is -0.139. The van der Waals surface area contributed by atoms with E-state index in [0.29, 0.717) is 80.2 Å². The zero-order valence-corrected chi connectivity index (χ0v) is 32.0. The Morgan fingerprint density at radius 1 is 0.889 bits per heavy atom. The third-order valence-electron chi connectivity index (χ3n) is 9.15. The predicted molar refractivity (Wildman–Crippen MR) is 212 cm³/mol. The van der Waals surface area contributed by atoms with Gasteiger partial charge in [0.05, 0.1) is 12.5 Å². The van der Waals surface area contributed by atoms with Crippen LogP contribution >= 0.6 is 12.6 Å². The van der Waals surface area contributed by atoms with E-state index >= 15 is 0 Å². The highest BCUT2D eigenvalue weighted by Crippen LogP contribution is 2.18. The van der Waals surface area contributed by atoms with Crippen LogP contribution in [0.15, 0.2) is 64.2 Å². The Bertz CT molecular complexity index is 1960. The van der Waals surface area contributed by atoms with Gasteiger partial charge in [-0.15, -0.1) is 0 Å². The lowest BCUT2D eigenvalue weighted by Gasteiger charge is -2.17. The van der Waals surface area contributed by atoms with Crippen LogP contribution in [0.2, 0.25) is 0 Å². The predicted octanol–water partition coefficient (Wildman–Crippen LogP) is 3.35. The molecule has 292 valence electrons. The largest absolute Gasteiger partial charge is 0.481 e. The number of rotatable bonds is 23. The van der Waals surface area contributed by atoms with Crippen LogP contribution in [-0.4, -0.2) is 77.7 Å². The van der Waals surface area contributed by atoms with Crippen LogP contribution < -0.4 is 27.2 Å². The zero-order valence-electron chi connectivity index (χ0n) is 31.1. The first kappa shape index (κ1) is 42.0. The number of carboxylic acid groups (broad SMARTS) is 1. The second kappa shape index (κ2) is 21.2. The van der Waals surface area contributed by atoms with E-state index in [1.54, 1.807) is 28.8 Å². The molecule has 0 aliphatic rings. The summed E-state index contributed by atoms with van der Waals surface area (Å²) in [5, 5.41) is 27.9. The fraction of sp³-hybridized carbons (Fsp3) is 0.487. The number of aliphatic hydroxyl groups excluding tert-OH is 1. The summed E-state index contributed by atoms with van der Waals surface area (Å²) < 4.78 is 4.71. The standard InChI is InChI=1S/C39H53N7O7S/c1-3-20-46-38(52)35-36(43-32(24-28-11-7-5-8-12-28)44(35)22-19-40-26-30(47)4-2)45(39(46)53)21-18-27-14-16-29(17-15-27)41-37(51)31(25-34(49)50)42-33(48)13-9-6-10-23-54/h5,7-8,11-12,14-17,30-31,40,47,54H,3-4,6,9-10,13,18-26H2,1-2H3,(H,41,51)(H,42,48)(H,49,50). The lowest BCUT2D eigenvalue weighted by Crippen LogP contribution is -2.45. The summed E-state index contributed by atoms with van der Waals surface area (Å²) in [7, 11) is 0. The third kappa shape index (κ3) is 11.9. The summed E-state index contributed by atoms with van der Waals surface area (Å²) in [6.07, 6.45) is 3.51. The van der Waals surface area contributed by atoms with Gasteiger partial charge in [0.15, 0.2) is 11.2 Å². The molecule has 54 heavy (non-hydrogen) atoms. The molecule has 2 atom stereocenters. The number of nitrogens with one attached hydrogen (secondary N) is 3. The van der Waals surface area contributed by atoms with Crippen LogP contribution in [0.1, 0.15) is 75.7 Å². The first-order valence-electron chi connectivity index (χ1n) is 18.7. The van der Waals surface area contributed by atoms with Crippen LogP contribution in [-0.2, 0) is 46.9 Å². The number of carboxylic acids is 1. The minimum Gasteiger partial charge on any atom is -0.481 e. The molecule has 0 radical (unpaired) electrons. The molecule has 0 saturated carbocycles.